The second-order valence-electron chi connectivity index (χ2n) is 3.83. The molecule has 19 heavy (non-hydrogen) atoms. The fraction of sp³-hybridized carbons (Fsp3) is 0.538. The first-order valence-electron chi connectivity index (χ1n) is 5.14. The van der Waals surface area contributed by atoms with Crippen molar-refractivity contribution in [1.29, 1.82) is 0 Å². The van der Waals surface area contributed by atoms with Gasteiger partial charge in [-0.25, -0.2) is 12.2 Å². The summed E-state index contributed by atoms with van der Waals surface area (Å²) in [5.74, 6) is 0. The van der Waals surface area contributed by atoms with E-state index in [1.165, 1.54) is 0 Å². The number of hydrogen-bond donors (Lipinski definition) is 1. The van der Waals surface area contributed by atoms with Crippen LogP contribution in [0, 0.1) is 20.4 Å². The molecule has 0 aromatic carbocycles. The fourth-order valence-electron chi connectivity index (χ4n) is 0.340. The summed E-state index contributed by atoms with van der Waals surface area (Å²) in [5, 5.41) is 7.81. The van der Waals surface area contributed by atoms with Gasteiger partial charge in [-0.1, -0.05) is 20.8 Å². The van der Waals surface area contributed by atoms with E-state index in [4.69, 9.17) is 10.8 Å². The quantitative estimate of drug-likeness (QED) is 0.561. The molecule has 0 radical (unpaired) electrons. The summed E-state index contributed by atoms with van der Waals surface area (Å²) in [6, 6.07) is 0. The normalized spacial score (nSPS) is 9.53. The second-order valence-corrected chi connectivity index (χ2v) is 3.83. The van der Waals surface area contributed by atoms with Crippen molar-refractivity contribution in [2.24, 2.45) is 0 Å². The van der Waals surface area contributed by atoms with Crippen LogP contribution in [-0.4, -0.2) is 24.9 Å². The zero-order chi connectivity index (χ0) is 13.4. The Hall–Kier alpha value is 0.911. The van der Waals surface area contributed by atoms with Crippen molar-refractivity contribution in [3.63, 3.8) is 0 Å². The first kappa shape index (κ1) is 36.8. The topological polar surface area (TPSA) is 44.0 Å². The van der Waals surface area contributed by atoms with Gasteiger partial charge in [0.25, 0.3) is 0 Å². The van der Waals surface area contributed by atoms with Crippen molar-refractivity contribution in [1.82, 2.24) is 0 Å². The first-order valence-corrected chi connectivity index (χ1v) is 9.16. The SMILES string of the molecule is CC(C)(C)[NH-].Cl.Cl.[C-]1=CC=CC1.[CH2-]CCO.[CH3-].[SiH2]=[Ti]. The zero-order valence-electron chi connectivity index (χ0n) is 12.5. The molecule has 0 aromatic heterocycles. The molecule has 118 valence electrons. The Kier molecular flexibility index (Phi) is 60.7. The molecule has 0 aliphatic heterocycles. The summed E-state index contributed by atoms with van der Waals surface area (Å²) < 4.78 is 0. The summed E-state index contributed by atoms with van der Waals surface area (Å²) in [5.41, 5.74) is 6.69. The van der Waals surface area contributed by atoms with E-state index in [0.717, 1.165) is 6.42 Å². The Morgan fingerprint density at radius 1 is 1.37 bits per heavy atom. The van der Waals surface area contributed by atoms with Crippen LogP contribution >= 0.6 is 24.8 Å². The van der Waals surface area contributed by atoms with Crippen LogP contribution in [0.4, 0.5) is 0 Å². The Labute approximate surface area is 146 Å². The van der Waals surface area contributed by atoms with Crippen LogP contribution in [0.5, 0.6) is 0 Å². The molecule has 0 spiro atoms. The van der Waals surface area contributed by atoms with E-state index in [1.807, 2.05) is 59.7 Å². The molecule has 1 aliphatic rings. The molecule has 0 atom stereocenters. The van der Waals surface area contributed by atoms with Gasteiger partial charge in [0.2, 0.25) is 0 Å². The predicted octanol–water partition coefficient (Wildman–Crippen LogP) is 3.72. The van der Waals surface area contributed by atoms with Crippen molar-refractivity contribution in [3.05, 3.63) is 44.4 Å². The third-order valence-electron chi connectivity index (χ3n) is 0.744. The van der Waals surface area contributed by atoms with Gasteiger partial charge in [-0.3, -0.25) is 6.08 Å². The summed E-state index contributed by atoms with van der Waals surface area (Å²) in [4.78, 5) is 0. The van der Waals surface area contributed by atoms with Crippen LogP contribution in [0.1, 0.15) is 33.6 Å². The Balaban J connectivity index is -0.0000000293. The maximum atomic E-state index is 7.81. The molecular weight excluding hydrogens is 333 g/mol. The third-order valence-corrected chi connectivity index (χ3v) is 0.744. The second kappa shape index (κ2) is 31.4. The number of rotatable bonds is 1. The molecule has 0 unspecified atom stereocenters. The van der Waals surface area contributed by atoms with Gasteiger partial charge in [0.15, 0.2) is 0 Å². The fourth-order valence-corrected chi connectivity index (χ4v) is 0.340. The molecule has 1 rings (SSSR count). The van der Waals surface area contributed by atoms with E-state index in [9.17, 15) is 0 Å². The van der Waals surface area contributed by atoms with E-state index in [2.05, 4.69) is 19.1 Å². The molecule has 1 aliphatic carbocycles. The van der Waals surface area contributed by atoms with Gasteiger partial charge in [0.1, 0.15) is 0 Å². The molecule has 0 heterocycles. The minimum atomic E-state index is -0.250. The van der Waals surface area contributed by atoms with E-state index in [1.54, 1.807) is 0 Å². The summed E-state index contributed by atoms with van der Waals surface area (Å²) in [7, 11) is 1.86. The maximum absolute atomic E-state index is 7.81. The zero-order valence-corrected chi connectivity index (χ0v) is 17.1. The number of allylic oxidation sites excluding steroid dienone is 4. The van der Waals surface area contributed by atoms with Gasteiger partial charge < -0.3 is 25.2 Å². The van der Waals surface area contributed by atoms with E-state index < -0.39 is 0 Å². The molecule has 2 N–H and O–H groups in total. The monoisotopic (exact) mass is 361 g/mol. The number of aliphatic hydroxyl groups is 1. The van der Waals surface area contributed by atoms with E-state index in [0.29, 0.717) is 6.42 Å². The van der Waals surface area contributed by atoms with Gasteiger partial charge in [-0.05, 0) is 0 Å². The van der Waals surface area contributed by atoms with Gasteiger partial charge in [0, 0.05) is 6.61 Å². The Morgan fingerprint density at radius 3 is 1.74 bits per heavy atom. The van der Waals surface area contributed by atoms with Crippen LogP contribution in [-0.2, 0) is 19.2 Å². The predicted molar refractivity (Wildman–Crippen MR) is 92.2 cm³/mol. The molecule has 2 nitrogen and oxygen atoms in total. The van der Waals surface area contributed by atoms with Crippen molar-refractivity contribution in [3.8, 4) is 0 Å². The minimum absolute atomic E-state index is 0. The van der Waals surface area contributed by atoms with E-state index in [-0.39, 0.29) is 44.4 Å². The molecule has 0 amide bonds. The van der Waals surface area contributed by atoms with Crippen LogP contribution in [0.15, 0.2) is 18.2 Å². The Morgan fingerprint density at radius 2 is 1.68 bits per heavy atom. The van der Waals surface area contributed by atoms with Crippen LogP contribution in [0.2, 0.25) is 0 Å². The molecule has 0 saturated heterocycles. The van der Waals surface area contributed by atoms with Crippen LogP contribution < -0.4 is 0 Å². The molecular formula is C13H29Cl2NOSiTi-4. The van der Waals surface area contributed by atoms with Crippen LogP contribution in [0.3, 0.4) is 0 Å². The summed E-state index contributed by atoms with van der Waals surface area (Å²) in [6.07, 6.45) is 10.6. The summed E-state index contributed by atoms with van der Waals surface area (Å²) >= 11 is 2.03. The van der Waals surface area contributed by atoms with Crippen LogP contribution in [0.25, 0.3) is 5.73 Å². The summed E-state index contributed by atoms with van der Waals surface area (Å²) in [6.45, 7) is 9.12. The molecule has 0 bridgehead atoms. The average Bonchev–Trinajstić information content (AvgIpc) is 2.76. The standard InChI is InChI=1S/C5H5.C4H10N.C3H7O.CH3.2ClH.H2Si.Ti/c1-2-4-5-3-1;1-4(2,3)5;1-2-3-4;;;;;/h1-3H,4H2;5H,1-3H3;4H,1-3H2;1H3;2*1H;1H2;/q4*-1;;;;. The van der Waals surface area contributed by atoms with Crippen molar-refractivity contribution < 1.29 is 24.3 Å². The number of nitrogens with one attached hydrogen (secondary N) is 1. The molecule has 0 saturated carbocycles. The number of hydrogen-bond acceptors (Lipinski definition) is 1. The van der Waals surface area contributed by atoms with Gasteiger partial charge >= 0.3 is 26.8 Å². The van der Waals surface area contributed by atoms with Gasteiger partial charge in [-0.2, -0.15) is 12.5 Å². The number of aliphatic hydroxyl groups excluding tert-OH is 1. The Bertz CT molecular complexity index is 168. The molecule has 0 fully saturated rings. The molecule has 6 heteroatoms. The average molecular weight is 362 g/mol. The van der Waals surface area contributed by atoms with Gasteiger partial charge in [0.05, 0.1) is 0 Å². The van der Waals surface area contributed by atoms with Crippen molar-refractivity contribution >= 4 is 32.4 Å². The van der Waals surface area contributed by atoms with Crippen molar-refractivity contribution in [2.45, 2.75) is 39.2 Å². The first-order chi connectivity index (χ1) is 7.41. The van der Waals surface area contributed by atoms with Crippen molar-refractivity contribution in [2.75, 3.05) is 6.61 Å². The van der Waals surface area contributed by atoms with E-state index >= 15 is 0 Å². The molecule has 0 aromatic rings. The van der Waals surface area contributed by atoms with Gasteiger partial charge in [-0.15, -0.1) is 36.8 Å². The number of halogens is 2. The third kappa shape index (κ3) is 113.